The average molecular weight is 429 g/mol. The average Bonchev–Trinajstić information content (AvgIpc) is 3.18. The number of esters is 1. The van der Waals surface area contributed by atoms with Gasteiger partial charge in [-0.3, -0.25) is 0 Å². The number of thiophene rings is 1. The van der Waals surface area contributed by atoms with E-state index in [0.717, 1.165) is 36.4 Å². The number of nitrogens with one attached hydrogen (secondary N) is 1. The fourth-order valence-corrected chi connectivity index (χ4v) is 6.18. The molecule has 0 radical (unpaired) electrons. The van der Waals surface area contributed by atoms with Crippen LogP contribution in [0.5, 0.6) is 0 Å². The maximum Gasteiger partial charge on any atom is 0.341 e. The summed E-state index contributed by atoms with van der Waals surface area (Å²) >= 11 is 7.51. The first-order valence-electron chi connectivity index (χ1n) is 10.6. The fourth-order valence-electron chi connectivity index (χ4n) is 4.46. The van der Waals surface area contributed by atoms with Gasteiger partial charge in [0.25, 0.3) is 0 Å². The highest BCUT2D eigenvalue weighted by Crippen LogP contribution is 2.39. The lowest BCUT2D eigenvalue weighted by molar-refractivity contribution is 0.0526. The van der Waals surface area contributed by atoms with Gasteiger partial charge in [0.1, 0.15) is 5.00 Å². The number of aryl methyl sites for hydroxylation is 1. The van der Waals surface area contributed by atoms with E-state index < -0.39 is 0 Å². The van der Waals surface area contributed by atoms with Crippen LogP contribution in [0.4, 0.5) is 10.7 Å². The summed E-state index contributed by atoms with van der Waals surface area (Å²) < 4.78 is 5.42. The molecule has 0 bridgehead atoms. The standard InChI is InChI=1S/C23H28N2O2S2/c1-3-27-22(26)20-17-11-6-4-5-7-13-19(17)29-21(20)24-23(28)25-15(2)14-16-10-8-9-12-18(16)25/h8-10,12,15H,3-7,11,13-14H2,1-2H3,(H,24,28)/t15-/m1/s1. The minimum absolute atomic E-state index is 0.231. The molecule has 1 N–H and O–H groups in total. The number of carbonyl (C=O) groups is 1. The van der Waals surface area contributed by atoms with E-state index in [1.165, 1.54) is 35.3 Å². The first-order chi connectivity index (χ1) is 14.1. The van der Waals surface area contributed by atoms with Gasteiger partial charge in [-0.1, -0.05) is 31.0 Å². The van der Waals surface area contributed by atoms with Crippen LogP contribution in [0.15, 0.2) is 24.3 Å². The van der Waals surface area contributed by atoms with Gasteiger partial charge >= 0.3 is 5.97 Å². The Bertz CT molecular complexity index is 922. The molecule has 2 aromatic rings. The van der Waals surface area contributed by atoms with Gasteiger partial charge in [-0.05, 0) is 75.4 Å². The van der Waals surface area contributed by atoms with E-state index in [1.807, 2.05) is 13.0 Å². The Hall–Kier alpha value is -1.92. The SMILES string of the molecule is CCOC(=O)c1c(NC(=S)N2c3ccccc3C[C@H]2C)sc2c1CCCCCC2. The number of para-hydroxylation sites is 1. The van der Waals surface area contributed by atoms with Crippen LogP contribution in [0, 0.1) is 0 Å². The third-order valence-electron chi connectivity index (χ3n) is 5.80. The van der Waals surface area contributed by atoms with Gasteiger partial charge < -0.3 is 15.0 Å². The molecule has 4 nitrogen and oxygen atoms in total. The van der Waals surface area contributed by atoms with Gasteiger partial charge in [0.15, 0.2) is 5.11 Å². The molecule has 1 aromatic carbocycles. The van der Waals surface area contributed by atoms with Gasteiger partial charge in [0.2, 0.25) is 0 Å². The molecule has 0 saturated heterocycles. The molecule has 2 heterocycles. The summed E-state index contributed by atoms with van der Waals surface area (Å²) in [5.41, 5.74) is 4.35. The van der Waals surface area contributed by atoms with Crippen LogP contribution in [0.25, 0.3) is 0 Å². The molecular formula is C23H28N2O2S2. The minimum Gasteiger partial charge on any atom is -0.462 e. The normalized spacial score (nSPS) is 18.4. The Morgan fingerprint density at radius 3 is 2.79 bits per heavy atom. The maximum absolute atomic E-state index is 12.8. The second-order valence-electron chi connectivity index (χ2n) is 7.82. The molecule has 29 heavy (non-hydrogen) atoms. The monoisotopic (exact) mass is 428 g/mol. The molecule has 0 saturated carbocycles. The van der Waals surface area contributed by atoms with Crippen LogP contribution in [0.1, 0.15) is 65.9 Å². The van der Waals surface area contributed by atoms with E-state index in [-0.39, 0.29) is 5.97 Å². The smallest absolute Gasteiger partial charge is 0.341 e. The third-order valence-corrected chi connectivity index (χ3v) is 7.30. The Balaban J connectivity index is 1.66. The highest BCUT2D eigenvalue weighted by Gasteiger charge is 2.31. The van der Waals surface area contributed by atoms with Crippen LogP contribution in [0.2, 0.25) is 0 Å². The van der Waals surface area contributed by atoms with Gasteiger partial charge in [-0.15, -0.1) is 11.3 Å². The molecule has 1 aliphatic carbocycles. The topological polar surface area (TPSA) is 41.6 Å². The Morgan fingerprint density at radius 1 is 1.24 bits per heavy atom. The predicted molar refractivity (Wildman–Crippen MR) is 124 cm³/mol. The largest absolute Gasteiger partial charge is 0.462 e. The fraction of sp³-hybridized carbons (Fsp3) is 0.478. The Labute approximate surface area is 182 Å². The lowest BCUT2D eigenvalue weighted by Crippen LogP contribution is -2.39. The van der Waals surface area contributed by atoms with Crippen molar-refractivity contribution in [2.45, 2.75) is 64.8 Å². The Kier molecular flexibility index (Phi) is 6.20. The van der Waals surface area contributed by atoms with Crippen molar-refractivity contribution >= 4 is 45.3 Å². The number of benzene rings is 1. The lowest BCUT2D eigenvalue weighted by atomic mass is 9.96. The van der Waals surface area contributed by atoms with E-state index in [2.05, 4.69) is 35.3 Å². The van der Waals surface area contributed by atoms with E-state index in [0.29, 0.717) is 23.3 Å². The number of nitrogens with zero attached hydrogens (tertiary/aromatic N) is 1. The second kappa shape index (κ2) is 8.84. The molecule has 0 amide bonds. The maximum atomic E-state index is 12.8. The van der Waals surface area contributed by atoms with Crippen molar-refractivity contribution in [2.75, 3.05) is 16.8 Å². The van der Waals surface area contributed by atoms with Gasteiger partial charge in [0.05, 0.1) is 12.2 Å². The van der Waals surface area contributed by atoms with Crippen molar-refractivity contribution in [2.24, 2.45) is 0 Å². The van der Waals surface area contributed by atoms with E-state index in [4.69, 9.17) is 17.0 Å². The van der Waals surface area contributed by atoms with Crippen molar-refractivity contribution in [3.05, 3.63) is 45.8 Å². The van der Waals surface area contributed by atoms with Crippen molar-refractivity contribution < 1.29 is 9.53 Å². The molecule has 1 atom stereocenters. The van der Waals surface area contributed by atoms with Gasteiger partial charge in [0, 0.05) is 16.6 Å². The van der Waals surface area contributed by atoms with Crippen molar-refractivity contribution in [3.63, 3.8) is 0 Å². The molecule has 1 aromatic heterocycles. The Morgan fingerprint density at radius 2 is 2.00 bits per heavy atom. The number of hydrogen-bond acceptors (Lipinski definition) is 4. The van der Waals surface area contributed by atoms with Crippen molar-refractivity contribution in [1.82, 2.24) is 0 Å². The molecule has 0 unspecified atom stereocenters. The summed E-state index contributed by atoms with van der Waals surface area (Å²) in [7, 11) is 0. The zero-order valence-electron chi connectivity index (χ0n) is 17.1. The number of hydrogen-bond donors (Lipinski definition) is 1. The van der Waals surface area contributed by atoms with E-state index in [1.54, 1.807) is 11.3 Å². The van der Waals surface area contributed by atoms with E-state index in [9.17, 15) is 4.79 Å². The first kappa shape index (κ1) is 20.4. The molecule has 2 aliphatic rings. The quantitative estimate of drug-likeness (QED) is 0.499. The van der Waals surface area contributed by atoms with Crippen LogP contribution >= 0.6 is 23.6 Å². The molecule has 154 valence electrons. The summed E-state index contributed by atoms with van der Waals surface area (Å²) in [4.78, 5) is 16.3. The van der Waals surface area contributed by atoms with Crippen LogP contribution in [-0.2, 0) is 24.0 Å². The van der Waals surface area contributed by atoms with Gasteiger partial charge in [-0.25, -0.2) is 4.79 Å². The number of anilines is 2. The predicted octanol–water partition coefficient (Wildman–Crippen LogP) is 5.73. The molecule has 6 heteroatoms. The summed E-state index contributed by atoms with van der Waals surface area (Å²) in [5, 5.41) is 4.94. The molecule has 1 aliphatic heterocycles. The lowest BCUT2D eigenvalue weighted by Gasteiger charge is -2.26. The highest BCUT2D eigenvalue weighted by molar-refractivity contribution is 7.80. The van der Waals surface area contributed by atoms with Gasteiger partial charge in [-0.2, -0.15) is 0 Å². The number of ether oxygens (including phenoxy) is 1. The van der Waals surface area contributed by atoms with Crippen molar-refractivity contribution in [1.29, 1.82) is 0 Å². The second-order valence-corrected chi connectivity index (χ2v) is 9.32. The summed E-state index contributed by atoms with van der Waals surface area (Å²) in [5.74, 6) is -0.231. The third kappa shape index (κ3) is 4.05. The zero-order chi connectivity index (χ0) is 20.4. The number of carbonyl (C=O) groups excluding carboxylic acids is 1. The summed E-state index contributed by atoms with van der Waals surface area (Å²) in [6.45, 7) is 4.42. The minimum atomic E-state index is -0.231. The molecule has 4 rings (SSSR count). The first-order valence-corrected chi connectivity index (χ1v) is 11.8. The number of fused-ring (bicyclic) bond motifs is 2. The zero-order valence-corrected chi connectivity index (χ0v) is 18.8. The van der Waals surface area contributed by atoms with E-state index >= 15 is 0 Å². The van der Waals surface area contributed by atoms with Crippen LogP contribution in [-0.4, -0.2) is 23.7 Å². The van der Waals surface area contributed by atoms with Crippen LogP contribution < -0.4 is 10.2 Å². The summed E-state index contributed by atoms with van der Waals surface area (Å²) in [6.07, 6.45) is 7.73. The highest BCUT2D eigenvalue weighted by atomic mass is 32.1. The number of rotatable bonds is 3. The molecular weight excluding hydrogens is 400 g/mol. The van der Waals surface area contributed by atoms with Crippen molar-refractivity contribution in [3.8, 4) is 0 Å². The molecule has 0 spiro atoms. The summed E-state index contributed by atoms with van der Waals surface area (Å²) in [6, 6.07) is 8.69. The van der Waals surface area contributed by atoms with Crippen LogP contribution in [0.3, 0.4) is 0 Å². The molecule has 0 fully saturated rings. The number of thiocarbonyl (C=S) groups is 1.